The van der Waals surface area contributed by atoms with E-state index in [4.69, 9.17) is 11.6 Å². The maximum atomic E-state index is 6.07. The van der Waals surface area contributed by atoms with Crippen molar-refractivity contribution in [2.75, 3.05) is 19.6 Å². The monoisotopic (exact) mass is 237 g/mol. The predicted molar refractivity (Wildman–Crippen MR) is 70.1 cm³/mol. The van der Waals surface area contributed by atoms with Crippen molar-refractivity contribution < 1.29 is 0 Å². The quantitative estimate of drug-likeness (QED) is 0.561. The van der Waals surface area contributed by atoms with Crippen LogP contribution in [0.1, 0.15) is 24.8 Å². The molecule has 16 heavy (non-hydrogen) atoms. The summed E-state index contributed by atoms with van der Waals surface area (Å²) in [5, 5.41) is 0.397. The van der Waals surface area contributed by atoms with Crippen molar-refractivity contribution in [2.24, 2.45) is 0 Å². The summed E-state index contributed by atoms with van der Waals surface area (Å²) in [6, 6.07) is 10.7. The van der Waals surface area contributed by atoms with Gasteiger partial charge in [-0.25, -0.2) is 0 Å². The van der Waals surface area contributed by atoms with Crippen LogP contribution in [0.5, 0.6) is 0 Å². The van der Waals surface area contributed by atoms with Gasteiger partial charge in [0.1, 0.15) is 0 Å². The van der Waals surface area contributed by atoms with Crippen LogP contribution in [0.4, 0.5) is 0 Å². The number of benzene rings is 1. The third-order valence-corrected chi connectivity index (χ3v) is 3.60. The molecule has 2 heteroatoms. The summed E-state index contributed by atoms with van der Waals surface area (Å²) >= 11 is 6.07. The minimum atomic E-state index is 0.397. The second-order valence-electron chi connectivity index (χ2n) is 4.63. The van der Waals surface area contributed by atoms with Crippen LogP contribution in [0.15, 0.2) is 30.3 Å². The highest BCUT2D eigenvalue weighted by molar-refractivity contribution is 6.20. The maximum Gasteiger partial charge on any atom is 0.0475 e. The molecular weight excluding hydrogens is 218 g/mol. The fraction of sp³-hybridized carbons (Fsp3) is 0.571. The Morgan fingerprint density at radius 1 is 1.19 bits per heavy atom. The number of unbranched alkanes of at least 4 members (excludes halogenated alkanes) is 1. The zero-order valence-corrected chi connectivity index (χ0v) is 10.5. The van der Waals surface area contributed by atoms with Gasteiger partial charge >= 0.3 is 0 Å². The van der Waals surface area contributed by atoms with Crippen LogP contribution in [0.25, 0.3) is 0 Å². The van der Waals surface area contributed by atoms with Gasteiger partial charge in [-0.1, -0.05) is 30.3 Å². The van der Waals surface area contributed by atoms with E-state index in [2.05, 4.69) is 35.2 Å². The average molecular weight is 238 g/mol. The molecule has 0 N–H and O–H groups in total. The standard InChI is InChI=1S/C14H20ClN/c15-14-9-11-16(12-14)10-5-4-8-13-6-2-1-3-7-13/h1-3,6-7,14H,4-5,8-12H2. The van der Waals surface area contributed by atoms with Crippen molar-refractivity contribution >= 4 is 11.6 Å². The molecule has 88 valence electrons. The van der Waals surface area contributed by atoms with E-state index in [0.717, 1.165) is 6.54 Å². The first-order valence-electron chi connectivity index (χ1n) is 6.25. The summed E-state index contributed by atoms with van der Waals surface area (Å²) in [5.41, 5.74) is 1.46. The van der Waals surface area contributed by atoms with E-state index in [1.54, 1.807) is 0 Å². The Morgan fingerprint density at radius 2 is 2.00 bits per heavy atom. The first-order valence-corrected chi connectivity index (χ1v) is 6.68. The predicted octanol–water partition coefficient (Wildman–Crippen LogP) is 3.32. The summed E-state index contributed by atoms with van der Waals surface area (Å²) < 4.78 is 0. The van der Waals surface area contributed by atoms with Gasteiger partial charge < -0.3 is 4.90 Å². The summed E-state index contributed by atoms with van der Waals surface area (Å²) in [7, 11) is 0. The van der Waals surface area contributed by atoms with Crippen LogP contribution in [0.3, 0.4) is 0 Å². The molecule has 1 aromatic rings. The number of rotatable bonds is 5. The molecule has 2 rings (SSSR count). The molecule has 0 bridgehead atoms. The van der Waals surface area contributed by atoms with Gasteiger partial charge in [0.25, 0.3) is 0 Å². The van der Waals surface area contributed by atoms with Crippen LogP contribution in [0.2, 0.25) is 0 Å². The van der Waals surface area contributed by atoms with Crippen LogP contribution in [-0.2, 0) is 6.42 Å². The van der Waals surface area contributed by atoms with E-state index in [-0.39, 0.29) is 0 Å². The Hall–Kier alpha value is -0.530. The van der Waals surface area contributed by atoms with Crippen molar-refractivity contribution in [1.82, 2.24) is 4.90 Å². The smallest absolute Gasteiger partial charge is 0.0475 e. The maximum absolute atomic E-state index is 6.07. The Bertz CT molecular complexity index is 299. The second kappa shape index (κ2) is 6.27. The third kappa shape index (κ3) is 3.80. The summed E-state index contributed by atoms with van der Waals surface area (Å²) in [4.78, 5) is 2.49. The lowest BCUT2D eigenvalue weighted by molar-refractivity contribution is 0.331. The normalized spacial score (nSPS) is 21.4. The fourth-order valence-electron chi connectivity index (χ4n) is 2.30. The molecule has 0 amide bonds. The Kier molecular flexibility index (Phi) is 4.68. The zero-order valence-electron chi connectivity index (χ0n) is 9.74. The van der Waals surface area contributed by atoms with Gasteiger partial charge in [0.15, 0.2) is 0 Å². The molecule has 1 aliphatic heterocycles. The lowest BCUT2D eigenvalue weighted by Crippen LogP contribution is -2.22. The first-order chi connectivity index (χ1) is 7.84. The average Bonchev–Trinajstić information content (AvgIpc) is 2.72. The molecule has 0 spiro atoms. The van der Waals surface area contributed by atoms with Gasteiger partial charge in [-0.2, -0.15) is 0 Å². The molecule has 0 radical (unpaired) electrons. The molecule has 1 nitrogen and oxygen atoms in total. The van der Waals surface area contributed by atoms with E-state index < -0.39 is 0 Å². The van der Waals surface area contributed by atoms with E-state index >= 15 is 0 Å². The number of aryl methyl sites for hydroxylation is 1. The Labute approximate surface area is 103 Å². The highest BCUT2D eigenvalue weighted by atomic mass is 35.5. The number of hydrogen-bond acceptors (Lipinski definition) is 1. The van der Waals surface area contributed by atoms with Crippen molar-refractivity contribution in [3.63, 3.8) is 0 Å². The van der Waals surface area contributed by atoms with E-state index in [0.29, 0.717) is 5.38 Å². The topological polar surface area (TPSA) is 3.24 Å². The Balaban J connectivity index is 1.59. The highest BCUT2D eigenvalue weighted by Crippen LogP contribution is 2.15. The molecule has 0 aromatic heterocycles. The van der Waals surface area contributed by atoms with Gasteiger partial charge in [0.05, 0.1) is 0 Å². The molecular formula is C14H20ClN. The zero-order chi connectivity index (χ0) is 11.2. The molecule has 0 saturated carbocycles. The van der Waals surface area contributed by atoms with Crippen LogP contribution < -0.4 is 0 Å². The van der Waals surface area contributed by atoms with Crippen molar-refractivity contribution in [2.45, 2.75) is 31.1 Å². The van der Waals surface area contributed by atoms with E-state index in [1.165, 1.54) is 44.3 Å². The van der Waals surface area contributed by atoms with Crippen molar-refractivity contribution in [3.05, 3.63) is 35.9 Å². The van der Waals surface area contributed by atoms with Gasteiger partial charge in [-0.3, -0.25) is 0 Å². The molecule has 1 heterocycles. The lowest BCUT2D eigenvalue weighted by Gasteiger charge is -2.14. The van der Waals surface area contributed by atoms with Gasteiger partial charge in [0, 0.05) is 11.9 Å². The van der Waals surface area contributed by atoms with Crippen LogP contribution >= 0.6 is 11.6 Å². The minimum absolute atomic E-state index is 0.397. The fourth-order valence-corrected chi connectivity index (χ4v) is 2.59. The molecule has 1 saturated heterocycles. The summed E-state index contributed by atoms with van der Waals surface area (Å²) in [6.45, 7) is 3.50. The highest BCUT2D eigenvalue weighted by Gasteiger charge is 2.19. The largest absolute Gasteiger partial charge is 0.302 e. The SMILES string of the molecule is ClC1CCN(CCCCc2ccccc2)C1. The molecule has 1 atom stereocenters. The molecule has 1 aliphatic rings. The van der Waals surface area contributed by atoms with Crippen LogP contribution in [0, 0.1) is 0 Å². The van der Waals surface area contributed by atoms with Gasteiger partial charge in [0.2, 0.25) is 0 Å². The molecule has 1 aromatic carbocycles. The Morgan fingerprint density at radius 3 is 2.69 bits per heavy atom. The molecule has 1 fully saturated rings. The third-order valence-electron chi connectivity index (χ3n) is 3.25. The molecule has 1 unspecified atom stereocenters. The van der Waals surface area contributed by atoms with E-state index in [9.17, 15) is 0 Å². The summed E-state index contributed by atoms with van der Waals surface area (Å²) in [6.07, 6.45) is 4.95. The number of hydrogen-bond donors (Lipinski definition) is 0. The lowest BCUT2D eigenvalue weighted by atomic mass is 10.1. The first kappa shape index (κ1) is 11.9. The van der Waals surface area contributed by atoms with E-state index in [1.807, 2.05) is 0 Å². The number of alkyl halides is 1. The van der Waals surface area contributed by atoms with Crippen LogP contribution in [-0.4, -0.2) is 29.9 Å². The van der Waals surface area contributed by atoms with Crippen molar-refractivity contribution in [3.8, 4) is 0 Å². The summed E-state index contributed by atoms with van der Waals surface area (Å²) in [5.74, 6) is 0. The van der Waals surface area contributed by atoms with Crippen molar-refractivity contribution in [1.29, 1.82) is 0 Å². The minimum Gasteiger partial charge on any atom is -0.302 e. The number of likely N-dealkylation sites (tertiary alicyclic amines) is 1. The van der Waals surface area contributed by atoms with Gasteiger partial charge in [-0.15, -0.1) is 11.6 Å². The number of halogens is 1. The second-order valence-corrected chi connectivity index (χ2v) is 5.25. The number of nitrogens with zero attached hydrogens (tertiary/aromatic N) is 1. The van der Waals surface area contributed by atoms with Gasteiger partial charge in [-0.05, 0) is 44.3 Å². The molecule has 0 aliphatic carbocycles.